The van der Waals surface area contributed by atoms with Gasteiger partial charge in [-0.05, 0) is 42.3 Å². The topological polar surface area (TPSA) is 82.2 Å². The third-order valence-electron chi connectivity index (χ3n) is 4.10. The zero-order valence-corrected chi connectivity index (χ0v) is 18.0. The Morgan fingerprint density at radius 1 is 1.30 bits per heavy atom. The van der Waals surface area contributed by atoms with Crippen LogP contribution in [0.1, 0.15) is 19.6 Å². The Morgan fingerprint density at radius 3 is 2.77 bits per heavy atom. The number of hydrogen-bond donors (Lipinski definition) is 1. The number of thioether (sulfide) groups is 1. The van der Waals surface area contributed by atoms with E-state index >= 15 is 0 Å². The zero-order chi connectivity index (χ0) is 21.3. The van der Waals surface area contributed by atoms with Gasteiger partial charge in [0, 0.05) is 12.1 Å². The van der Waals surface area contributed by atoms with Crippen molar-refractivity contribution in [1.82, 2.24) is 20.1 Å². The number of aromatic nitrogens is 3. The first-order chi connectivity index (χ1) is 14.6. The highest BCUT2D eigenvalue weighted by molar-refractivity contribution is 7.99. The van der Waals surface area contributed by atoms with Gasteiger partial charge in [0.15, 0.2) is 11.0 Å². The van der Waals surface area contributed by atoms with E-state index in [1.54, 1.807) is 18.4 Å². The van der Waals surface area contributed by atoms with Crippen LogP contribution >= 0.6 is 11.8 Å². The van der Waals surface area contributed by atoms with Gasteiger partial charge in [-0.1, -0.05) is 31.7 Å². The van der Waals surface area contributed by atoms with Gasteiger partial charge < -0.3 is 14.5 Å². The first-order valence-corrected chi connectivity index (χ1v) is 10.7. The minimum Gasteiger partial charge on any atom is -0.493 e. The molecule has 0 bridgehead atoms. The van der Waals surface area contributed by atoms with Gasteiger partial charge in [0.25, 0.3) is 0 Å². The zero-order valence-electron chi connectivity index (χ0n) is 17.2. The SMILES string of the molecule is C=CCn1c(SCC(=O)NCc2ccco2)nnc1-c1ccc(OCC(C)C)cc1. The molecule has 7 nitrogen and oxygen atoms in total. The Labute approximate surface area is 180 Å². The summed E-state index contributed by atoms with van der Waals surface area (Å²) >= 11 is 1.34. The summed E-state index contributed by atoms with van der Waals surface area (Å²) < 4.78 is 12.9. The number of amides is 1. The predicted molar refractivity (Wildman–Crippen MR) is 117 cm³/mol. The highest BCUT2D eigenvalue weighted by Gasteiger charge is 2.15. The summed E-state index contributed by atoms with van der Waals surface area (Å²) in [4.78, 5) is 12.1. The lowest BCUT2D eigenvalue weighted by Crippen LogP contribution is -2.24. The van der Waals surface area contributed by atoms with Crippen molar-refractivity contribution < 1.29 is 13.9 Å². The maximum absolute atomic E-state index is 12.1. The van der Waals surface area contributed by atoms with Crippen LogP contribution in [-0.4, -0.2) is 33.0 Å². The van der Waals surface area contributed by atoms with Crippen molar-refractivity contribution in [3.05, 3.63) is 61.1 Å². The normalized spacial score (nSPS) is 10.9. The molecule has 0 fully saturated rings. The molecule has 0 saturated carbocycles. The second-order valence-electron chi connectivity index (χ2n) is 7.08. The van der Waals surface area contributed by atoms with Crippen molar-refractivity contribution in [1.29, 1.82) is 0 Å². The summed E-state index contributed by atoms with van der Waals surface area (Å²) in [5.74, 6) is 2.87. The quantitative estimate of drug-likeness (QED) is 0.366. The van der Waals surface area contributed by atoms with E-state index in [4.69, 9.17) is 9.15 Å². The Hall–Kier alpha value is -3.00. The maximum atomic E-state index is 12.1. The fourth-order valence-corrected chi connectivity index (χ4v) is 3.42. The highest BCUT2D eigenvalue weighted by atomic mass is 32.2. The van der Waals surface area contributed by atoms with Crippen molar-refractivity contribution in [2.75, 3.05) is 12.4 Å². The minimum atomic E-state index is -0.0993. The van der Waals surface area contributed by atoms with Crippen LogP contribution in [0.3, 0.4) is 0 Å². The van der Waals surface area contributed by atoms with E-state index in [9.17, 15) is 4.79 Å². The summed E-state index contributed by atoms with van der Waals surface area (Å²) in [7, 11) is 0. The average molecular weight is 427 g/mol. The van der Waals surface area contributed by atoms with Crippen LogP contribution < -0.4 is 10.1 Å². The molecule has 1 N–H and O–H groups in total. The maximum Gasteiger partial charge on any atom is 0.230 e. The molecule has 0 radical (unpaired) electrons. The van der Waals surface area contributed by atoms with Crippen LogP contribution in [0.15, 0.2) is 64.9 Å². The summed E-state index contributed by atoms with van der Waals surface area (Å²) in [6.45, 7) is 9.64. The van der Waals surface area contributed by atoms with Crippen LogP contribution in [-0.2, 0) is 17.9 Å². The van der Waals surface area contributed by atoms with Crippen molar-refractivity contribution in [3.8, 4) is 17.1 Å². The van der Waals surface area contributed by atoms with E-state index in [0.717, 1.165) is 17.1 Å². The number of nitrogens with zero attached hydrogens (tertiary/aromatic N) is 3. The molecule has 30 heavy (non-hydrogen) atoms. The number of carbonyl (C=O) groups excluding carboxylic acids is 1. The molecule has 0 aliphatic carbocycles. The molecular weight excluding hydrogens is 400 g/mol. The molecule has 0 spiro atoms. The van der Waals surface area contributed by atoms with Gasteiger partial charge in [-0.15, -0.1) is 16.8 Å². The Bertz CT molecular complexity index is 949. The second kappa shape index (κ2) is 10.7. The summed E-state index contributed by atoms with van der Waals surface area (Å²) in [6, 6.07) is 11.4. The number of allylic oxidation sites excluding steroid dienone is 1. The summed E-state index contributed by atoms with van der Waals surface area (Å²) in [5, 5.41) is 12.1. The number of carbonyl (C=O) groups is 1. The molecule has 0 saturated heterocycles. The molecule has 0 unspecified atom stereocenters. The Balaban J connectivity index is 1.64. The molecule has 158 valence electrons. The lowest BCUT2D eigenvalue weighted by molar-refractivity contribution is -0.118. The second-order valence-corrected chi connectivity index (χ2v) is 8.02. The highest BCUT2D eigenvalue weighted by Crippen LogP contribution is 2.26. The van der Waals surface area contributed by atoms with Gasteiger partial charge in [-0.3, -0.25) is 9.36 Å². The molecular formula is C22H26N4O3S. The number of hydrogen-bond acceptors (Lipinski definition) is 6. The molecule has 0 atom stereocenters. The van der Waals surface area contributed by atoms with E-state index in [-0.39, 0.29) is 11.7 Å². The number of ether oxygens (including phenoxy) is 1. The third-order valence-corrected chi connectivity index (χ3v) is 5.06. The van der Waals surface area contributed by atoms with Crippen LogP contribution in [0.5, 0.6) is 5.75 Å². The molecule has 3 aromatic rings. The van der Waals surface area contributed by atoms with Gasteiger partial charge in [-0.2, -0.15) is 0 Å². The standard InChI is InChI=1S/C22H26N4O3S/c1-4-11-26-21(17-7-9-18(10-8-17)29-14-16(2)3)24-25-22(26)30-15-20(27)23-13-19-6-5-12-28-19/h4-10,12,16H,1,11,13-15H2,2-3H3,(H,23,27). The van der Waals surface area contributed by atoms with Crippen molar-refractivity contribution in [2.45, 2.75) is 32.1 Å². The van der Waals surface area contributed by atoms with Crippen LogP contribution in [0.2, 0.25) is 0 Å². The van der Waals surface area contributed by atoms with Crippen LogP contribution in [0.4, 0.5) is 0 Å². The minimum absolute atomic E-state index is 0.0993. The van der Waals surface area contributed by atoms with Gasteiger partial charge in [0.1, 0.15) is 11.5 Å². The number of furan rings is 1. The van der Waals surface area contributed by atoms with E-state index in [1.165, 1.54) is 11.8 Å². The number of benzene rings is 1. The first-order valence-electron chi connectivity index (χ1n) is 9.76. The number of rotatable bonds is 11. The fraction of sp³-hybridized carbons (Fsp3) is 0.318. The lowest BCUT2D eigenvalue weighted by Gasteiger charge is -2.10. The summed E-state index contributed by atoms with van der Waals surface area (Å²) in [5.41, 5.74) is 0.926. The molecule has 2 heterocycles. The van der Waals surface area contributed by atoms with Gasteiger partial charge >= 0.3 is 0 Å². The van der Waals surface area contributed by atoms with Gasteiger partial charge in [-0.25, -0.2) is 0 Å². The van der Waals surface area contributed by atoms with E-state index < -0.39 is 0 Å². The van der Waals surface area contributed by atoms with Crippen molar-refractivity contribution >= 4 is 17.7 Å². The average Bonchev–Trinajstić information content (AvgIpc) is 3.40. The largest absolute Gasteiger partial charge is 0.493 e. The molecule has 2 aromatic heterocycles. The first kappa shape index (κ1) is 21.7. The van der Waals surface area contributed by atoms with Crippen molar-refractivity contribution in [3.63, 3.8) is 0 Å². The summed E-state index contributed by atoms with van der Waals surface area (Å²) in [6.07, 6.45) is 3.37. The smallest absolute Gasteiger partial charge is 0.230 e. The van der Waals surface area contributed by atoms with E-state index in [0.29, 0.717) is 36.5 Å². The lowest BCUT2D eigenvalue weighted by atomic mass is 10.2. The number of nitrogens with one attached hydrogen (secondary N) is 1. The Kier molecular flexibility index (Phi) is 7.73. The fourth-order valence-electron chi connectivity index (χ4n) is 2.65. The molecule has 0 aliphatic heterocycles. The Morgan fingerprint density at radius 2 is 2.10 bits per heavy atom. The van der Waals surface area contributed by atoms with Crippen LogP contribution in [0.25, 0.3) is 11.4 Å². The molecule has 1 amide bonds. The molecule has 1 aromatic carbocycles. The third kappa shape index (κ3) is 6.00. The van der Waals surface area contributed by atoms with E-state index in [2.05, 4.69) is 35.9 Å². The van der Waals surface area contributed by atoms with E-state index in [1.807, 2.05) is 34.9 Å². The molecule has 0 aliphatic rings. The predicted octanol–water partition coefficient (Wildman–Crippen LogP) is 4.17. The molecule has 3 rings (SSSR count). The van der Waals surface area contributed by atoms with Gasteiger partial charge in [0.2, 0.25) is 5.91 Å². The monoisotopic (exact) mass is 426 g/mol. The van der Waals surface area contributed by atoms with Crippen molar-refractivity contribution in [2.24, 2.45) is 5.92 Å². The molecule has 8 heteroatoms. The van der Waals surface area contributed by atoms with Gasteiger partial charge in [0.05, 0.1) is 25.2 Å². The van der Waals surface area contributed by atoms with Crippen LogP contribution in [0, 0.1) is 5.92 Å².